The second-order valence-electron chi connectivity index (χ2n) is 8.23. The lowest BCUT2D eigenvalue weighted by atomic mass is 9.94. The summed E-state index contributed by atoms with van der Waals surface area (Å²) in [5.74, 6) is -0.118. The van der Waals surface area contributed by atoms with Crippen LogP contribution in [0.15, 0.2) is 22.7 Å². The molecule has 0 aliphatic heterocycles. The van der Waals surface area contributed by atoms with E-state index >= 15 is 0 Å². The highest BCUT2D eigenvalue weighted by molar-refractivity contribution is 6.23. The summed E-state index contributed by atoms with van der Waals surface area (Å²) in [6.45, 7) is 1.76. The monoisotopic (exact) mass is 374 g/mol. The number of allylic oxidation sites excluding steroid dienone is 1. The zero-order valence-corrected chi connectivity index (χ0v) is 16.9. The summed E-state index contributed by atoms with van der Waals surface area (Å²) in [7, 11) is 1.49. The van der Waals surface area contributed by atoms with Crippen LogP contribution in [0.5, 0.6) is 0 Å². The topological polar surface area (TPSA) is 67.4 Å². The van der Waals surface area contributed by atoms with Crippen molar-refractivity contribution in [2.45, 2.75) is 96.1 Å². The molecule has 0 aromatic rings. The van der Waals surface area contributed by atoms with E-state index in [9.17, 15) is 9.59 Å². The van der Waals surface area contributed by atoms with Crippen molar-refractivity contribution in [1.29, 1.82) is 0 Å². The molecule has 27 heavy (non-hydrogen) atoms. The number of carbonyl (C=O) groups is 2. The van der Waals surface area contributed by atoms with Crippen LogP contribution in [0.3, 0.4) is 0 Å². The third kappa shape index (κ3) is 4.74. The molecule has 0 aromatic heterocycles. The Hall–Kier alpha value is -1.78. The number of nitrogens with one attached hydrogen (secondary N) is 2. The molecule has 3 rings (SSSR count). The van der Waals surface area contributed by atoms with E-state index in [1.165, 1.54) is 58.5 Å². The summed E-state index contributed by atoms with van der Waals surface area (Å²) in [6, 6.07) is 0.511. The Bertz CT molecular complexity index is 619. The van der Waals surface area contributed by atoms with Gasteiger partial charge in [0.1, 0.15) is 5.70 Å². The Labute approximate surface area is 163 Å². The molecule has 150 valence electrons. The molecule has 0 heterocycles. The molecule has 0 radical (unpaired) electrons. The van der Waals surface area contributed by atoms with E-state index < -0.39 is 0 Å². The van der Waals surface area contributed by atoms with E-state index in [-0.39, 0.29) is 29.4 Å². The Morgan fingerprint density at radius 2 is 1.15 bits per heavy atom. The highest BCUT2D eigenvalue weighted by Crippen LogP contribution is 2.27. The molecular weight excluding hydrogens is 340 g/mol. The highest BCUT2D eigenvalue weighted by atomic mass is 16.5. The van der Waals surface area contributed by atoms with Crippen LogP contribution in [0.4, 0.5) is 0 Å². The first-order chi connectivity index (χ1) is 13.1. The Kier molecular flexibility index (Phi) is 6.97. The van der Waals surface area contributed by atoms with Crippen molar-refractivity contribution in [1.82, 2.24) is 10.6 Å². The van der Waals surface area contributed by atoms with E-state index in [0.717, 1.165) is 25.7 Å². The average molecular weight is 375 g/mol. The minimum atomic E-state index is -0.185. The van der Waals surface area contributed by atoms with E-state index in [1.54, 1.807) is 6.92 Å². The van der Waals surface area contributed by atoms with E-state index in [4.69, 9.17) is 4.74 Å². The summed E-state index contributed by atoms with van der Waals surface area (Å²) in [6.07, 6.45) is 13.9. The largest absolute Gasteiger partial charge is 0.491 e. The summed E-state index contributed by atoms with van der Waals surface area (Å²) in [4.78, 5) is 26.2. The quantitative estimate of drug-likeness (QED) is 0.564. The first kappa shape index (κ1) is 20.0. The fourth-order valence-corrected chi connectivity index (χ4v) is 4.56. The molecule has 2 N–H and O–H groups in total. The molecular formula is C22H34N2O3. The normalized spacial score (nSPS) is 23.9. The fraction of sp³-hybridized carbons (Fsp3) is 0.727. The van der Waals surface area contributed by atoms with E-state index in [2.05, 4.69) is 10.6 Å². The first-order valence-electron chi connectivity index (χ1n) is 10.7. The summed E-state index contributed by atoms with van der Waals surface area (Å²) in [5.41, 5.74) is 1.31. The predicted octanol–water partition coefficient (Wildman–Crippen LogP) is 3.90. The van der Waals surface area contributed by atoms with Gasteiger partial charge in [-0.05, 0) is 32.6 Å². The van der Waals surface area contributed by atoms with Gasteiger partial charge in [-0.25, -0.2) is 0 Å². The minimum Gasteiger partial charge on any atom is -0.491 e. The van der Waals surface area contributed by atoms with Crippen molar-refractivity contribution < 1.29 is 14.3 Å². The fourth-order valence-electron chi connectivity index (χ4n) is 4.56. The van der Waals surface area contributed by atoms with Crippen LogP contribution in [-0.2, 0) is 14.3 Å². The molecule has 3 aliphatic rings. The SMILES string of the molecule is COC1=C(NC2CCCCCC2)C(=O)C(C)=C(NC2CCCCCC2)C1=O. The van der Waals surface area contributed by atoms with Gasteiger partial charge < -0.3 is 15.4 Å². The molecule has 5 heteroatoms. The second-order valence-corrected chi connectivity index (χ2v) is 8.23. The molecule has 3 aliphatic carbocycles. The number of rotatable bonds is 5. The van der Waals surface area contributed by atoms with E-state index in [0.29, 0.717) is 17.0 Å². The third-order valence-electron chi connectivity index (χ3n) is 6.21. The third-order valence-corrected chi connectivity index (χ3v) is 6.21. The maximum absolute atomic E-state index is 13.1. The summed E-state index contributed by atoms with van der Waals surface area (Å²) in [5, 5.41) is 6.76. The standard InChI is InChI=1S/C22H34N2O3/c1-15-18(23-16-11-7-3-4-8-12-16)21(26)22(27-2)19(20(15)25)24-17-13-9-5-6-10-14-17/h16-17,23-24H,3-14H2,1-2H3. The molecule has 0 saturated heterocycles. The average Bonchev–Trinajstić information content (AvgIpc) is 3.08. The van der Waals surface area contributed by atoms with Gasteiger partial charge in [0.2, 0.25) is 11.6 Å². The summed E-state index contributed by atoms with van der Waals surface area (Å²) >= 11 is 0. The smallest absolute Gasteiger partial charge is 0.246 e. The minimum absolute atomic E-state index is 0.105. The van der Waals surface area contributed by atoms with Gasteiger partial charge in [-0.15, -0.1) is 0 Å². The predicted molar refractivity (Wildman–Crippen MR) is 106 cm³/mol. The molecule has 0 bridgehead atoms. The van der Waals surface area contributed by atoms with E-state index in [1.807, 2.05) is 0 Å². The lowest BCUT2D eigenvalue weighted by molar-refractivity contribution is -0.119. The van der Waals surface area contributed by atoms with Gasteiger partial charge in [-0.3, -0.25) is 9.59 Å². The van der Waals surface area contributed by atoms with Crippen LogP contribution in [0.1, 0.15) is 84.0 Å². The van der Waals surface area contributed by atoms with Crippen molar-refractivity contribution in [2.24, 2.45) is 0 Å². The van der Waals surface area contributed by atoms with Crippen molar-refractivity contribution in [3.05, 3.63) is 22.7 Å². The number of carbonyl (C=O) groups excluding carboxylic acids is 2. The molecule has 2 saturated carbocycles. The van der Waals surface area contributed by atoms with Gasteiger partial charge in [-0.1, -0.05) is 51.4 Å². The molecule has 2 fully saturated rings. The number of methoxy groups -OCH3 is 1. The Morgan fingerprint density at radius 1 is 0.704 bits per heavy atom. The number of hydrogen-bond donors (Lipinski definition) is 2. The molecule has 0 atom stereocenters. The van der Waals surface area contributed by atoms with Crippen LogP contribution >= 0.6 is 0 Å². The van der Waals surface area contributed by atoms with Crippen LogP contribution in [0.25, 0.3) is 0 Å². The lowest BCUT2D eigenvalue weighted by Gasteiger charge is -2.28. The number of ketones is 2. The number of Topliss-reactive ketones (excluding diaryl/α,β-unsaturated/α-hetero) is 2. The maximum Gasteiger partial charge on any atom is 0.246 e. The van der Waals surface area contributed by atoms with Gasteiger partial charge in [0, 0.05) is 17.7 Å². The summed E-state index contributed by atoms with van der Waals surface area (Å²) < 4.78 is 5.42. The molecule has 0 spiro atoms. The van der Waals surface area contributed by atoms with Crippen molar-refractivity contribution in [3.63, 3.8) is 0 Å². The van der Waals surface area contributed by atoms with Crippen LogP contribution < -0.4 is 10.6 Å². The van der Waals surface area contributed by atoms with Crippen LogP contribution in [0.2, 0.25) is 0 Å². The Morgan fingerprint density at radius 3 is 1.59 bits per heavy atom. The van der Waals surface area contributed by atoms with Crippen LogP contribution in [0, 0.1) is 0 Å². The molecule has 0 unspecified atom stereocenters. The highest BCUT2D eigenvalue weighted by Gasteiger charge is 2.35. The number of ether oxygens (including phenoxy) is 1. The molecule has 0 amide bonds. The van der Waals surface area contributed by atoms with Gasteiger partial charge >= 0.3 is 0 Å². The number of hydrogen-bond acceptors (Lipinski definition) is 5. The zero-order valence-electron chi connectivity index (χ0n) is 16.9. The second kappa shape index (κ2) is 9.43. The van der Waals surface area contributed by atoms with Crippen molar-refractivity contribution in [3.8, 4) is 0 Å². The Balaban J connectivity index is 1.78. The molecule has 5 nitrogen and oxygen atoms in total. The van der Waals surface area contributed by atoms with Crippen molar-refractivity contribution in [2.75, 3.05) is 7.11 Å². The zero-order chi connectivity index (χ0) is 19.2. The van der Waals surface area contributed by atoms with Gasteiger partial charge in [0.05, 0.1) is 12.8 Å². The first-order valence-corrected chi connectivity index (χ1v) is 10.7. The van der Waals surface area contributed by atoms with Crippen LogP contribution in [-0.4, -0.2) is 30.8 Å². The lowest BCUT2D eigenvalue weighted by Crippen LogP contribution is -2.41. The maximum atomic E-state index is 13.1. The van der Waals surface area contributed by atoms with Gasteiger partial charge in [0.25, 0.3) is 0 Å². The van der Waals surface area contributed by atoms with Gasteiger partial charge in [0.15, 0.2) is 5.76 Å². The van der Waals surface area contributed by atoms with Crippen molar-refractivity contribution >= 4 is 11.6 Å². The van der Waals surface area contributed by atoms with Gasteiger partial charge in [-0.2, -0.15) is 0 Å². The molecule has 0 aromatic carbocycles.